The van der Waals surface area contributed by atoms with Gasteiger partial charge in [0.25, 0.3) is 0 Å². The number of ether oxygens (including phenoxy) is 1. The number of nitrogens with one attached hydrogen (secondary N) is 2. The van der Waals surface area contributed by atoms with E-state index in [1.807, 2.05) is 19.2 Å². The van der Waals surface area contributed by atoms with Crippen molar-refractivity contribution in [3.8, 4) is 5.88 Å². The number of urea groups is 1. The minimum Gasteiger partial charge on any atom is -0.478 e. The van der Waals surface area contributed by atoms with Gasteiger partial charge in [0, 0.05) is 30.1 Å². The fraction of sp³-hybridized carbons (Fsp3) is 0.357. The highest BCUT2D eigenvalue weighted by Gasteiger charge is 2.10. The molecule has 7 heteroatoms. The molecule has 21 heavy (non-hydrogen) atoms. The highest BCUT2D eigenvalue weighted by molar-refractivity contribution is 7.09. The van der Waals surface area contributed by atoms with Crippen LogP contribution in [-0.2, 0) is 0 Å². The van der Waals surface area contributed by atoms with Crippen LogP contribution >= 0.6 is 11.3 Å². The second-order valence-electron chi connectivity index (χ2n) is 4.42. The normalized spacial score (nSPS) is 11.7. The smallest absolute Gasteiger partial charge is 0.319 e. The summed E-state index contributed by atoms with van der Waals surface area (Å²) in [6.07, 6.45) is 3.33. The first-order chi connectivity index (χ1) is 10.2. The summed E-state index contributed by atoms with van der Waals surface area (Å²) >= 11 is 1.59. The topological polar surface area (TPSA) is 76.1 Å². The summed E-state index contributed by atoms with van der Waals surface area (Å²) in [7, 11) is 0. The fourth-order valence-corrected chi connectivity index (χ4v) is 2.37. The van der Waals surface area contributed by atoms with Gasteiger partial charge in [0.2, 0.25) is 5.88 Å². The lowest BCUT2D eigenvalue weighted by Crippen LogP contribution is -2.31. The molecule has 2 amide bonds. The van der Waals surface area contributed by atoms with Gasteiger partial charge in [-0.25, -0.2) is 14.8 Å². The molecule has 0 radical (unpaired) electrons. The minimum atomic E-state index is -0.260. The van der Waals surface area contributed by atoms with Crippen molar-refractivity contribution >= 4 is 23.1 Å². The Balaban J connectivity index is 1.78. The van der Waals surface area contributed by atoms with Gasteiger partial charge in [0.1, 0.15) is 0 Å². The summed E-state index contributed by atoms with van der Waals surface area (Å²) in [5, 5.41) is 8.48. The maximum absolute atomic E-state index is 11.8. The van der Waals surface area contributed by atoms with Crippen molar-refractivity contribution in [1.82, 2.24) is 15.3 Å². The van der Waals surface area contributed by atoms with Crippen molar-refractivity contribution in [3.63, 3.8) is 0 Å². The number of aromatic nitrogens is 2. The van der Waals surface area contributed by atoms with Gasteiger partial charge in [-0.05, 0) is 13.0 Å². The van der Waals surface area contributed by atoms with Crippen molar-refractivity contribution in [2.45, 2.75) is 19.8 Å². The van der Waals surface area contributed by atoms with Gasteiger partial charge >= 0.3 is 6.03 Å². The summed E-state index contributed by atoms with van der Waals surface area (Å²) in [5.41, 5.74) is 0.623. The molecule has 2 rings (SSSR count). The molecule has 2 aromatic heterocycles. The standard InChI is InChI=1S/C14H18N4O2S/c1-3-20-12-5-4-11(9-16-12)18-14(19)17-8-10(2)13-15-6-7-21-13/h4-7,9-10H,3,8H2,1-2H3,(H2,17,18,19)/t10-/m0/s1. The Morgan fingerprint density at radius 3 is 2.90 bits per heavy atom. The number of anilines is 1. The molecule has 0 aliphatic carbocycles. The molecule has 112 valence electrons. The Bertz CT molecular complexity index is 557. The monoisotopic (exact) mass is 306 g/mol. The van der Waals surface area contributed by atoms with E-state index in [1.54, 1.807) is 35.9 Å². The molecule has 0 spiro atoms. The van der Waals surface area contributed by atoms with E-state index in [-0.39, 0.29) is 11.9 Å². The molecule has 6 nitrogen and oxygen atoms in total. The quantitative estimate of drug-likeness (QED) is 0.860. The Labute approximate surface area is 127 Å². The fourth-order valence-electron chi connectivity index (χ4n) is 1.67. The Hall–Kier alpha value is -2.15. The van der Waals surface area contributed by atoms with E-state index >= 15 is 0 Å². The van der Waals surface area contributed by atoms with E-state index in [0.29, 0.717) is 24.7 Å². The predicted molar refractivity (Wildman–Crippen MR) is 83.0 cm³/mol. The van der Waals surface area contributed by atoms with Crippen LogP contribution in [0.5, 0.6) is 5.88 Å². The number of nitrogens with zero attached hydrogens (tertiary/aromatic N) is 2. The summed E-state index contributed by atoms with van der Waals surface area (Å²) in [5.74, 6) is 0.732. The summed E-state index contributed by atoms with van der Waals surface area (Å²) in [4.78, 5) is 20.1. The summed E-state index contributed by atoms with van der Waals surface area (Å²) in [6, 6.07) is 3.21. The van der Waals surface area contributed by atoms with Crippen LogP contribution in [0.4, 0.5) is 10.5 Å². The van der Waals surface area contributed by atoms with Gasteiger partial charge in [0.05, 0.1) is 23.5 Å². The third-order valence-electron chi connectivity index (χ3n) is 2.73. The van der Waals surface area contributed by atoms with Gasteiger partial charge in [-0.2, -0.15) is 0 Å². The molecule has 0 saturated carbocycles. The highest BCUT2D eigenvalue weighted by Crippen LogP contribution is 2.16. The molecule has 2 heterocycles. The first kappa shape index (κ1) is 15.2. The first-order valence-corrected chi connectivity index (χ1v) is 7.60. The number of carbonyl (C=O) groups excluding carboxylic acids is 1. The van der Waals surface area contributed by atoms with Crippen LogP contribution < -0.4 is 15.4 Å². The van der Waals surface area contributed by atoms with Gasteiger partial charge in [-0.15, -0.1) is 11.3 Å². The van der Waals surface area contributed by atoms with E-state index in [4.69, 9.17) is 4.74 Å². The molecule has 2 aromatic rings. The number of pyridine rings is 1. The second kappa shape index (κ2) is 7.58. The van der Waals surface area contributed by atoms with Crippen molar-refractivity contribution in [1.29, 1.82) is 0 Å². The van der Waals surface area contributed by atoms with Gasteiger partial charge in [-0.3, -0.25) is 0 Å². The van der Waals surface area contributed by atoms with E-state index in [1.165, 1.54) is 0 Å². The molecule has 0 unspecified atom stereocenters. The van der Waals surface area contributed by atoms with Crippen LogP contribution in [0.25, 0.3) is 0 Å². The zero-order chi connectivity index (χ0) is 15.1. The largest absolute Gasteiger partial charge is 0.478 e. The van der Waals surface area contributed by atoms with Crippen LogP contribution in [0, 0.1) is 0 Å². The van der Waals surface area contributed by atoms with E-state index in [9.17, 15) is 4.79 Å². The predicted octanol–water partition coefficient (Wildman–Crippen LogP) is 2.86. The van der Waals surface area contributed by atoms with Crippen molar-refractivity contribution in [2.24, 2.45) is 0 Å². The average Bonchev–Trinajstić information content (AvgIpc) is 3.01. The lowest BCUT2D eigenvalue weighted by molar-refractivity contribution is 0.251. The summed E-state index contributed by atoms with van der Waals surface area (Å²) in [6.45, 7) is 5.02. The van der Waals surface area contributed by atoms with E-state index in [0.717, 1.165) is 5.01 Å². The summed E-state index contributed by atoms with van der Waals surface area (Å²) < 4.78 is 5.24. The van der Waals surface area contributed by atoms with Crippen molar-refractivity contribution < 1.29 is 9.53 Å². The third-order valence-corrected chi connectivity index (χ3v) is 3.74. The molecular weight excluding hydrogens is 288 g/mol. The van der Waals surface area contributed by atoms with E-state index in [2.05, 4.69) is 20.6 Å². The molecule has 0 fully saturated rings. The van der Waals surface area contributed by atoms with Crippen LogP contribution in [0.1, 0.15) is 24.8 Å². The van der Waals surface area contributed by atoms with Crippen molar-refractivity contribution in [3.05, 3.63) is 34.9 Å². The Morgan fingerprint density at radius 2 is 2.29 bits per heavy atom. The lowest BCUT2D eigenvalue weighted by atomic mass is 10.2. The van der Waals surface area contributed by atoms with Gasteiger partial charge in [0.15, 0.2) is 0 Å². The van der Waals surface area contributed by atoms with Crippen LogP contribution in [0.2, 0.25) is 0 Å². The van der Waals surface area contributed by atoms with E-state index < -0.39 is 0 Å². The first-order valence-electron chi connectivity index (χ1n) is 6.72. The number of rotatable bonds is 6. The molecule has 1 atom stereocenters. The minimum absolute atomic E-state index is 0.189. The SMILES string of the molecule is CCOc1ccc(NC(=O)NC[C@H](C)c2nccs2)cn1. The maximum atomic E-state index is 11.8. The number of thiazole rings is 1. The maximum Gasteiger partial charge on any atom is 0.319 e. The molecule has 0 saturated heterocycles. The lowest BCUT2D eigenvalue weighted by Gasteiger charge is -2.11. The third kappa shape index (κ3) is 4.71. The molecule has 0 aliphatic heterocycles. The van der Waals surface area contributed by atoms with Gasteiger partial charge < -0.3 is 15.4 Å². The number of hydrogen-bond donors (Lipinski definition) is 2. The van der Waals surface area contributed by atoms with Crippen LogP contribution in [0.3, 0.4) is 0 Å². The number of amides is 2. The molecule has 0 aromatic carbocycles. The Morgan fingerprint density at radius 1 is 1.43 bits per heavy atom. The molecule has 0 bridgehead atoms. The van der Waals surface area contributed by atoms with Gasteiger partial charge in [-0.1, -0.05) is 6.92 Å². The van der Waals surface area contributed by atoms with Crippen LogP contribution in [-0.4, -0.2) is 29.2 Å². The highest BCUT2D eigenvalue weighted by atomic mass is 32.1. The Kier molecular flexibility index (Phi) is 5.51. The van der Waals surface area contributed by atoms with Crippen LogP contribution in [0.15, 0.2) is 29.9 Å². The number of hydrogen-bond acceptors (Lipinski definition) is 5. The van der Waals surface area contributed by atoms with Crippen molar-refractivity contribution in [2.75, 3.05) is 18.5 Å². The molecule has 2 N–H and O–H groups in total. The average molecular weight is 306 g/mol. The zero-order valence-electron chi connectivity index (χ0n) is 12.0. The molecule has 0 aliphatic rings. The zero-order valence-corrected chi connectivity index (χ0v) is 12.8. The number of carbonyl (C=O) groups is 1. The molecular formula is C14H18N4O2S. The second-order valence-corrected chi connectivity index (χ2v) is 5.35.